The molecule has 0 aliphatic heterocycles. The van der Waals surface area contributed by atoms with E-state index in [9.17, 15) is 0 Å². The molecule has 0 fully saturated rings. The number of rotatable bonds is 4. The van der Waals surface area contributed by atoms with Crippen molar-refractivity contribution in [2.45, 2.75) is 39.5 Å². The summed E-state index contributed by atoms with van der Waals surface area (Å²) < 4.78 is 0. The van der Waals surface area contributed by atoms with Crippen LogP contribution in [0.4, 0.5) is 0 Å². The largest absolute Gasteiger partial charge is 0.0845 e. The van der Waals surface area contributed by atoms with E-state index in [-0.39, 0.29) is 0 Å². The Morgan fingerprint density at radius 3 is 2.58 bits per heavy atom. The molecular formula is C12H18. The van der Waals surface area contributed by atoms with Gasteiger partial charge in [0, 0.05) is 0 Å². The molecular weight excluding hydrogens is 144 g/mol. The van der Waals surface area contributed by atoms with E-state index in [1.54, 1.807) is 5.57 Å². The Bertz CT molecular complexity index is 216. The second-order valence-electron chi connectivity index (χ2n) is 3.38. The predicted molar refractivity (Wildman–Crippen MR) is 55.1 cm³/mol. The SMILES string of the molecule is CCCC=CC=CC1=C(C)CC1. The van der Waals surface area contributed by atoms with Gasteiger partial charge in [0.05, 0.1) is 0 Å². The highest BCUT2D eigenvalue weighted by molar-refractivity contribution is 5.33. The second-order valence-corrected chi connectivity index (χ2v) is 3.38. The van der Waals surface area contributed by atoms with Gasteiger partial charge in [-0.2, -0.15) is 0 Å². The van der Waals surface area contributed by atoms with E-state index in [4.69, 9.17) is 0 Å². The highest BCUT2D eigenvalue weighted by atomic mass is 14.1. The first kappa shape index (κ1) is 9.31. The first-order valence-electron chi connectivity index (χ1n) is 4.86. The van der Waals surface area contributed by atoms with Crippen molar-refractivity contribution in [1.29, 1.82) is 0 Å². The molecule has 0 bridgehead atoms. The van der Waals surface area contributed by atoms with E-state index in [0.717, 1.165) is 0 Å². The molecule has 0 aromatic heterocycles. The fourth-order valence-electron chi connectivity index (χ4n) is 1.26. The van der Waals surface area contributed by atoms with Crippen LogP contribution in [0.15, 0.2) is 35.5 Å². The molecule has 0 heteroatoms. The molecule has 0 heterocycles. The van der Waals surface area contributed by atoms with Crippen molar-refractivity contribution in [3.05, 3.63) is 35.5 Å². The van der Waals surface area contributed by atoms with Crippen LogP contribution < -0.4 is 0 Å². The smallest absolute Gasteiger partial charge is 0.0242 e. The van der Waals surface area contributed by atoms with E-state index in [1.807, 2.05) is 0 Å². The van der Waals surface area contributed by atoms with Crippen molar-refractivity contribution < 1.29 is 0 Å². The summed E-state index contributed by atoms with van der Waals surface area (Å²) in [7, 11) is 0. The summed E-state index contributed by atoms with van der Waals surface area (Å²) >= 11 is 0. The normalized spacial score (nSPS) is 17.8. The Hall–Kier alpha value is -0.780. The van der Waals surface area contributed by atoms with Crippen LogP contribution in [0.3, 0.4) is 0 Å². The molecule has 0 aromatic rings. The first-order valence-corrected chi connectivity index (χ1v) is 4.86. The Morgan fingerprint density at radius 1 is 1.25 bits per heavy atom. The zero-order valence-electron chi connectivity index (χ0n) is 8.14. The molecule has 0 radical (unpaired) electrons. The highest BCUT2D eigenvalue weighted by Crippen LogP contribution is 2.27. The number of allylic oxidation sites excluding steroid dienone is 6. The maximum atomic E-state index is 2.24. The Labute approximate surface area is 75.7 Å². The van der Waals surface area contributed by atoms with Crippen molar-refractivity contribution in [3.63, 3.8) is 0 Å². The third-order valence-electron chi connectivity index (χ3n) is 2.32. The molecule has 0 saturated carbocycles. The summed E-state index contributed by atoms with van der Waals surface area (Å²) in [4.78, 5) is 0. The molecule has 0 unspecified atom stereocenters. The van der Waals surface area contributed by atoms with Crippen molar-refractivity contribution >= 4 is 0 Å². The minimum Gasteiger partial charge on any atom is -0.0845 e. The average Bonchev–Trinajstić information content (AvgIpc) is 2.08. The minimum absolute atomic E-state index is 1.20. The van der Waals surface area contributed by atoms with E-state index < -0.39 is 0 Å². The molecule has 66 valence electrons. The molecule has 0 atom stereocenters. The predicted octanol–water partition coefficient (Wildman–Crippen LogP) is 4.01. The quantitative estimate of drug-likeness (QED) is 0.548. The molecule has 1 aliphatic carbocycles. The van der Waals surface area contributed by atoms with Gasteiger partial charge in [0.1, 0.15) is 0 Å². The number of hydrogen-bond acceptors (Lipinski definition) is 0. The Kier molecular flexibility index (Phi) is 3.86. The lowest BCUT2D eigenvalue weighted by molar-refractivity contribution is 0.827. The maximum Gasteiger partial charge on any atom is -0.0242 e. The zero-order chi connectivity index (χ0) is 8.81. The van der Waals surface area contributed by atoms with E-state index in [0.29, 0.717) is 0 Å². The summed E-state index contributed by atoms with van der Waals surface area (Å²) in [5.74, 6) is 0. The maximum absolute atomic E-state index is 2.24. The highest BCUT2D eigenvalue weighted by Gasteiger charge is 2.08. The van der Waals surface area contributed by atoms with Gasteiger partial charge in [0.15, 0.2) is 0 Å². The molecule has 0 spiro atoms. The van der Waals surface area contributed by atoms with Gasteiger partial charge in [0.25, 0.3) is 0 Å². The standard InChI is InChI=1S/C12H18/c1-3-4-5-6-7-8-12-10-9-11(12)2/h5-8H,3-4,9-10H2,1-2H3. The monoisotopic (exact) mass is 162 g/mol. The minimum atomic E-state index is 1.20. The van der Waals surface area contributed by atoms with Gasteiger partial charge in [-0.3, -0.25) is 0 Å². The molecule has 0 nitrogen and oxygen atoms in total. The van der Waals surface area contributed by atoms with E-state index in [1.165, 1.54) is 31.3 Å². The lowest BCUT2D eigenvalue weighted by atomic mass is 9.89. The molecule has 0 saturated heterocycles. The van der Waals surface area contributed by atoms with E-state index in [2.05, 4.69) is 38.2 Å². The summed E-state index contributed by atoms with van der Waals surface area (Å²) in [5, 5.41) is 0. The summed E-state index contributed by atoms with van der Waals surface area (Å²) in [6.45, 7) is 4.42. The number of unbranched alkanes of at least 4 members (excludes halogenated alkanes) is 1. The first-order chi connectivity index (χ1) is 5.84. The third kappa shape index (κ3) is 2.69. The van der Waals surface area contributed by atoms with Crippen molar-refractivity contribution in [2.75, 3.05) is 0 Å². The Balaban J connectivity index is 2.26. The fourth-order valence-corrected chi connectivity index (χ4v) is 1.26. The fraction of sp³-hybridized carbons (Fsp3) is 0.500. The molecule has 12 heavy (non-hydrogen) atoms. The Morgan fingerprint density at radius 2 is 2.08 bits per heavy atom. The second kappa shape index (κ2) is 4.97. The lowest BCUT2D eigenvalue weighted by Gasteiger charge is -2.16. The van der Waals surface area contributed by atoms with Crippen LogP contribution in [0.25, 0.3) is 0 Å². The summed E-state index contributed by atoms with van der Waals surface area (Å²) in [6, 6.07) is 0. The average molecular weight is 162 g/mol. The van der Waals surface area contributed by atoms with Gasteiger partial charge >= 0.3 is 0 Å². The van der Waals surface area contributed by atoms with Crippen molar-refractivity contribution in [2.24, 2.45) is 0 Å². The summed E-state index contributed by atoms with van der Waals surface area (Å²) in [5.41, 5.74) is 3.10. The van der Waals surface area contributed by atoms with Crippen LogP contribution in [-0.4, -0.2) is 0 Å². The molecule has 1 aliphatic rings. The van der Waals surface area contributed by atoms with Crippen LogP contribution in [-0.2, 0) is 0 Å². The van der Waals surface area contributed by atoms with Gasteiger partial charge in [0.2, 0.25) is 0 Å². The molecule has 1 rings (SSSR count). The molecule has 0 aromatic carbocycles. The van der Waals surface area contributed by atoms with Gasteiger partial charge in [-0.05, 0) is 31.8 Å². The van der Waals surface area contributed by atoms with Crippen LogP contribution in [0, 0.1) is 0 Å². The molecule has 0 amide bonds. The van der Waals surface area contributed by atoms with Gasteiger partial charge in [-0.25, -0.2) is 0 Å². The van der Waals surface area contributed by atoms with Gasteiger partial charge in [-0.15, -0.1) is 0 Å². The van der Waals surface area contributed by atoms with Gasteiger partial charge in [-0.1, -0.05) is 43.2 Å². The number of hydrogen-bond donors (Lipinski definition) is 0. The van der Waals surface area contributed by atoms with Gasteiger partial charge < -0.3 is 0 Å². The molecule has 0 N–H and O–H groups in total. The lowest BCUT2D eigenvalue weighted by Crippen LogP contribution is -1.97. The summed E-state index contributed by atoms with van der Waals surface area (Å²) in [6.07, 6.45) is 13.8. The van der Waals surface area contributed by atoms with Crippen LogP contribution in [0.2, 0.25) is 0 Å². The van der Waals surface area contributed by atoms with Crippen LogP contribution >= 0.6 is 0 Å². The third-order valence-corrected chi connectivity index (χ3v) is 2.32. The van der Waals surface area contributed by atoms with Crippen molar-refractivity contribution in [3.8, 4) is 0 Å². The van der Waals surface area contributed by atoms with Crippen molar-refractivity contribution in [1.82, 2.24) is 0 Å². The van der Waals surface area contributed by atoms with E-state index >= 15 is 0 Å². The van der Waals surface area contributed by atoms with Crippen LogP contribution in [0.5, 0.6) is 0 Å². The zero-order valence-corrected chi connectivity index (χ0v) is 8.14. The van der Waals surface area contributed by atoms with Crippen LogP contribution in [0.1, 0.15) is 39.5 Å². The topological polar surface area (TPSA) is 0 Å².